The molecule has 0 aromatic carbocycles. The quantitative estimate of drug-likeness (QED) is 0.803. The molecule has 1 aliphatic rings. The van der Waals surface area contributed by atoms with Gasteiger partial charge in [-0.2, -0.15) is 0 Å². The number of aromatic nitrogens is 1. The van der Waals surface area contributed by atoms with Crippen molar-refractivity contribution in [2.24, 2.45) is 5.73 Å². The van der Waals surface area contributed by atoms with Crippen LogP contribution in [0.25, 0.3) is 0 Å². The van der Waals surface area contributed by atoms with E-state index in [9.17, 15) is 4.79 Å². The van der Waals surface area contributed by atoms with Gasteiger partial charge in [0, 0.05) is 45.0 Å². The first-order valence-electron chi connectivity index (χ1n) is 6.99. The lowest BCUT2D eigenvalue weighted by atomic mass is 10.1. The molecule has 19 heavy (non-hydrogen) atoms. The van der Waals surface area contributed by atoms with E-state index in [1.54, 1.807) is 16.7 Å². The van der Waals surface area contributed by atoms with E-state index in [2.05, 4.69) is 4.90 Å². The number of likely N-dealkylation sites (tertiary alicyclic amines) is 1. The lowest BCUT2D eigenvalue weighted by Crippen LogP contribution is -2.39. The van der Waals surface area contributed by atoms with Crippen LogP contribution in [0, 0.1) is 0 Å². The number of ether oxygens (including phenoxy) is 1. The van der Waals surface area contributed by atoms with Crippen molar-refractivity contribution in [3.05, 3.63) is 34.7 Å². The molecule has 0 atom stereocenters. The first kappa shape index (κ1) is 14.2. The van der Waals surface area contributed by atoms with Crippen LogP contribution in [-0.4, -0.2) is 48.4 Å². The smallest absolute Gasteiger partial charge is 0.250 e. The van der Waals surface area contributed by atoms with Crippen LogP contribution < -0.4 is 11.3 Å². The fourth-order valence-electron chi connectivity index (χ4n) is 2.43. The molecule has 1 aromatic heterocycles. The Balaban J connectivity index is 1.71. The summed E-state index contributed by atoms with van der Waals surface area (Å²) < 4.78 is 7.42. The van der Waals surface area contributed by atoms with Crippen LogP contribution in [0.15, 0.2) is 29.2 Å². The maximum atomic E-state index is 11.6. The molecule has 2 heterocycles. The van der Waals surface area contributed by atoms with E-state index in [1.807, 2.05) is 12.3 Å². The third-order valence-corrected chi connectivity index (χ3v) is 3.56. The Kier molecular flexibility index (Phi) is 5.57. The second kappa shape index (κ2) is 7.43. The van der Waals surface area contributed by atoms with Crippen molar-refractivity contribution in [2.45, 2.75) is 25.5 Å². The van der Waals surface area contributed by atoms with Crippen molar-refractivity contribution in [1.29, 1.82) is 0 Å². The van der Waals surface area contributed by atoms with Crippen molar-refractivity contribution < 1.29 is 4.74 Å². The van der Waals surface area contributed by atoms with Gasteiger partial charge in [-0.25, -0.2) is 0 Å². The average molecular weight is 265 g/mol. The van der Waals surface area contributed by atoms with Crippen LogP contribution in [0.2, 0.25) is 0 Å². The molecule has 1 aromatic rings. The largest absolute Gasteiger partial charge is 0.377 e. The average Bonchev–Trinajstić information content (AvgIpc) is 2.45. The summed E-state index contributed by atoms with van der Waals surface area (Å²) in [6.45, 7) is 5.01. The van der Waals surface area contributed by atoms with Crippen LogP contribution in [0.3, 0.4) is 0 Å². The zero-order chi connectivity index (χ0) is 13.5. The Morgan fingerprint density at radius 1 is 1.26 bits per heavy atom. The van der Waals surface area contributed by atoms with Gasteiger partial charge in [-0.05, 0) is 18.9 Å². The summed E-state index contributed by atoms with van der Waals surface area (Å²) in [7, 11) is 0. The number of hydrogen-bond donors (Lipinski definition) is 1. The highest BCUT2D eigenvalue weighted by atomic mass is 16.5. The van der Waals surface area contributed by atoms with E-state index in [1.165, 1.54) is 0 Å². The molecule has 0 amide bonds. The minimum atomic E-state index is 0.0728. The van der Waals surface area contributed by atoms with E-state index in [0.717, 1.165) is 39.0 Å². The molecule has 2 rings (SSSR count). The maximum absolute atomic E-state index is 11.6. The molecule has 2 N–H and O–H groups in total. The first-order valence-corrected chi connectivity index (χ1v) is 6.99. The molecule has 0 spiro atoms. The van der Waals surface area contributed by atoms with Gasteiger partial charge in [-0.1, -0.05) is 6.07 Å². The number of rotatable bonds is 6. The molecule has 1 aliphatic heterocycles. The fourth-order valence-corrected chi connectivity index (χ4v) is 2.43. The molecule has 0 unspecified atom stereocenters. The maximum Gasteiger partial charge on any atom is 0.250 e. The highest BCUT2D eigenvalue weighted by Gasteiger charge is 2.18. The topological polar surface area (TPSA) is 60.5 Å². The number of nitrogens with zero attached hydrogens (tertiary/aromatic N) is 2. The monoisotopic (exact) mass is 265 g/mol. The van der Waals surface area contributed by atoms with E-state index in [4.69, 9.17) is 10.5 Å². The molecule has 0 saturated carbocycles. The van der Waals surface area contributed by atoms with Gasteiger partial charge in [0.25, 0.3) is 5.56 Å². The van der Waals surface area contributed by atoms with Crippen LogP contribution in [0.5, 0.6) is 0 Å². The van der Waals surface area contributed by atoms with E-state index in [0.29, 0.717) is 19.3 Å². The third kappa shape index (κ3) is 4.45. The standard InChI is InChI=1S/C14H23N3O2/c15-6-12-19-13-4-8-16(9-5-13)10-11-17-7-2-1-3-14(17)18/h1-3,7,13H,4-6,8-12,15H2. The van der Waals surface area contributed by atoms with Crippen molar-refractivity contribution in [1.82, 2.24) is 9.47 Å². The molecule has 0 bridgehead atoms. The van der Waals surface area contributed by atoms with E-state index < -0.39 is 0 Å². The van der Waals surface area contributed by atoms with Crippen molar-refractivity contribution in [3.8, 4) is 0 Å². The Labute approximate surface area is 114 Å². The van der Waals surface area contributed by atoms with Crippen molar-refractivity contribution >= 4 is 0 Å². The van der Waals surface area contributed by atoms with Crippen LogP contribution in [0.1, 0.15) is 12.8 Å². The summed E-state index contributed by atoms with van der Waals surface area (Å²) in [6, 6.07) is 5.28. The minimum Gasteiger partial charge on any atom is -0.377 e. The minimum absolute atomic E-state index is 0.0728. The molecule has 5 heteroatoms. The molecule has 0 aliphatic carbocycles. The predicted molar refractivity (Wildman–Crippen MR) is 75.2 cm³/mol. The lowest BCUT2D eigenvalue weighted by molar-refractivity contribution is 0.0109. The molecular formula is C14H23N3O2. The summed E-state index contributed by atoms with van der Waals surface area (Å²) in [4.78, 5) is 14.0. The van der Waals surface area contributed by atoms with E-state index >= 15 is 0 Å². The second-order valence-corrected chi connectivity index (χ2v) is 4.93. The zero-order valence-corrected chi connectivity index (χ0v) is 11.3. The van der Waals surface area contributed by atoms with E-state index in [-0.39, 0.29) is 5.56 Å². The number of piperidine rings is 1. The Morgan fingerprint density at radius 3 is 2.74 bits per heavy atom. The summed E-state index contributed by atoms with van der Waals surface area (Å²) in [5.41, 5.74) is 5.50. The van der Waals surface area contributed by atoms with Gasteiger partial charge < -0.3 is 19.9 Å². The summed E-state index contributed by atoms with van der Waals surface area (Å²) in [6.07, 6.45) is 4.33. The zero-order valence-electron chi connectivity index (χ0n) is 11.3. The normalized spacial score (nSPS) is 17.7. The predicted octanol–water partition coefficient (Wildman–Crippen LogP) is 0.288. The third-order valence-electron chi connectivity index (χ3n) is 3.56. The second-order valence-electron chi connectivity index (χ2n) is 4.93. The molecule has 1 fully saturated rings. The SMILES string of the molecule is NCCOC1CCN(CCn2ccccc2=O)CC1. The van der Waals surface area contributed by atoms with Gasteiger partial charge in [0.15, 0.2) is 0 Å². The number of nitrogens with two attached hydrogens (primary N) is 1. The van der Waals surface area contributed by atoms with Crippen LogP contribution in [0.4, 0.5) is 0 Å². The van der Waals surface area contributed by atoms with Gasteiger partial charge in [0.1, 0.15) is 0 Å². The van der Waals surface area contributed by atoms with Crippen LogP contribution in [-0.2, 0) is 11.3 Å². The summed E-state index contributed by atoms with van der Waals surface area (Å²) in [5.74, 6) is 0. The Hall–Kier alpha value is -1.17. The molecule has 0 radical (unpaired) electrons. The number of pyridine rings is 1. The lowest BCUT2D eigenvalue weighted by Gasteiger charge is -2.31. The Bertz CT molecular complexity index is 425. The van der Waals surface area contributed by atoms with Crippen molar-refractivity contribution in [3.63, 3.8) is 0 Å². The highest BCUT2D eigenvalue weighted by molar-refractivity contribution is 4.93. The molecule has 5 nitrogen and oxygen atoms in total. The Morgan fingerprint density at radius 2 is 2.05 bits per heavy atom. The molecule has 1 saturated heterocycles. The summed E-state index contributed by atoms with van der Waals surface area (Å²) in [5, 5.41) is 0. The highest BCUT2D eigenvalue weighted by Crippen LogP contribution is 2.13. The van der Waals surface area contributed by atoms with Crippen molar-refractivity contribution in [2.75, 3.05) is 32.8 Å². The number of hydrogen-bond acceptors (Lipinski definition) is 4. The fraction of sp³-hybridized carbons (Fsp3) is 0.643. The van der Waals surface area contributed by atoms with Gasteiger partial charge in [0.05, 0.1) is 12.7 Å². The van der Waals surface area contributed by atoms with Gasteiger partial charge in [0.2, 0.25) is 0 Å². The van der Waals surface area contributed by atoms with Crippen LogP contribution >= 0.6 is 0 Å². The first-order chi connectivity index (χ1) is 9.29. The molecular weight excluding hydrogens is 242 g/mol. The van der Waals surface area contributed by atoms with Gasteiger partial charge >= 0.3 is 0 Å². The van der Waals surface area contributed by atoms with Gasteiger partial charge in [-0.3, -0.25) is 4.79 Å². The van der Waals surface area contributed by atoms with Gasteiger partial charge in [-0.15, -0.1) is 0 Å². The summed E-state index contributed by atoms with van der Waals surface area (Å²) >= 11 is 0. The molecule has 106 valence electrons.